The van der Waals surface area contributed by atoms with Crippen LogP contribution in [0.15, 0.2) is 54.9 Å². The third-order valence-corrected chi connectivity index (χ3v) is 3.40. The lowest BCUT2D eigenvalue weighted by molar-refractivity contribution is -0.274. The molecule has 2 aromatic heterocycles. The van der Waals surface area contributed by atoms with Crippen molar-refractivity contribution < 1.29 is 22.7 Å². The van der Waals surface area contributed by atoms with Crippen molar-refractivity contribution in [2.24, 2.45) is 0 Å². The molecule has 0 saturated carbocycles. The Bertz CT molecular complexity index is 977. The molecule has 5 nitrogen and oxygen atoms in total. The van der Waals surface area contributed by atoms with Gasteiger partial charge in [0.05, 0.1) is 11.4 Å². The molecule has 0 spiro atoms. The van der Waals surface area contributed by atoms with Crippen LogP contribution in [0.1, 0.15) is 11.3 Å². The van der Waals surface area contributed by atoms with Crippen molar-refractivity contribution in [3.05, 3.63) is 66.1 Å². The second-order valence-corrected chi connectivity index (χ2v) is 5.47. The number of ether oxygens (including phenoxy) is 1. The van der Waals surface area contributed by atoms with Gasteiger partial charge in [-0.2, -0.15) is 0 Å². The average molecular weight is 361 g/mol. The zero-order valence-electron chi connectivity index (χ0n) is 13.6. The molecule has 2 heterocycles. The van der Waals surface area contributed by atoms with E-state index in [1.165, 1.54) is 24.3 Å². The summed E-state index contributed by atoms with van der Waals surface area (Å²) in [6.45, 7) is 1.86. The standard InChI is InChI=1S/C18H14F3N3O2/c1-12-10-24-11-14(7-8-16(24)22-12)23-17(25)9-6-13-4-2-3-5-15(13)26-18(19,20)21/h2-11H,1H3,(H,23,25)/b9-6-. The van der Waals surface area contributed by atoms with Crippen LogP contribution in [-0.4, -0.2) is 21.7 Å². The Labute approximate surface area is 146 Å². The number of hydrogen-bond acceptors (Lipinski definition) is 3. The number of hydrogen-bond donors (Lipinski definition) is 1. The molecule has 3 rings (SSSR count). The Morgan fingerprint density at radius 2 is 1.96 bits per heavy atom. The van der Waals surface area contributed by atoms with Gasteiger partial charge >= 0.3 is 6.36 Å². The van der Waals surface area contributed by atoms with Gasteiger partial charge in [-0.1, -0.05) is 18.2 Å². The number of aromatic nitrogens is 2. The molecule has 3 aromatic rings. The normalized spacial score (nSPS) is 11.8. The Balaban J connectivity index is 1.73. The minimum absolute atomic E-state index is 0.140. The maximum atomic E-state index is 12.4. The van der Waals surface area contributed by atoms with Crippen LogP contribution in [0.2, 0.25) is 0 Å². The summed E-state index contributed by atoms with van der Waals surface area (Å²) in [4.78, 5) is 16.3. The number of alkyl halides is 3. The SMILES string of the molecule is Cc1cn2cc(NC(=O)/C=C\c3ccccc3OC(F)(F)F)ccc2n1. The van der Waals surface area contributed by atoms with Gasteiger partial charge in [-0.25, -0.2) is 4.98 Å². The minimum Gasteiger partial charge on any atom is -0.405 e. The van der Waals surface area contributed by atoms with Gasteiger partial charge in [0.15, 0.2) is 0 Å². The molecule has 0 aliphatic carbocycles. The number of halogens is 3. The topological polar surface area (TPSA) is 55.6 Å². The molecular formula is C18H14F3N3O2. The highest BCUT2D eigenvalue weighted by Crippen LogP contribution is 2.27. The third-order valence-electron chi connectivity index (χ3n) is 3.40. The fourth-order valence-corrected chi connectivity index (χ4v) is 2.38. The van der Waals surface area contributed by atoms with E-state index in [0.29, 0.717) is 5.69 Å². The molecule has 0 unspecified atom stereocenters. The number of imidazole rings is 1. The highest BCUT2D eigenvalue weighted by atomic mass is 19.4. The summed E-state index contributed by atoms with van der Waals surface area (Å²) in [5.41, 5.74) is 2.26. The van der Waals surface area contributed by atoms with Crippen LogP contribution in [0.25, 0.3) is 11.7 Å². The number of nitrogens with one attached hydrogen (secondary N) is 1. The Morgan fingerprint density at radius 3 is 2.73 bits per heavy atom. The summed E-state index contributed by atoms with van der Waals surface area (Å²) in [6.07, 6.45) is 1.11. The lowest BCUT2D eigenvalue weighted by atomic mass is 10.2. The van der Waals surface area contributed by atoms with E-state index in [-0.39, 0.29) is 11.3 Å². The molecule has 0 atom stereocenters. The molecule has 1 N–H and O–H groups in total. The van der Waals surface area contributed by atoms with Gasteiger partial charge in [0.1, 0.15) is 11.4 Å². The van der Waals surface area contributed by atoms with E-state index in [4.69, 9.17) is 0 Å². The predicted molar refractivity (Wildman–Crippen MR) is 90.7 cm³/mol. The Morgan fingerprint density at radius 1 is 1.19 bits per heavy atom. The Hall–Kier alpha value is -3.29. The zero-order valence-corrected chi connectivity index (χ0v) is 13.6. The summed E-state index contributed by atoms with van der Waals surface area (Å²) >= 11 is 0. The van der Waals surface area contributed by atoms with Gasteiger partial charge in [-0.3, -0.25) is 4.79 Å². The van der Waals surface area contributed by atoms with E-state index in [0.717, 1.165) is 17.4 Å². The summed E-state index contributed by atoms with van der Waals surface area (Å²) in [6, 6.07) is 9.01. The van der Waals surface area contributed by atoms with Gasteiger partial charge in [0.2, 0.25) is 5.91 Å². The van der Waals surface area contributed by atoms with Crippen molar-refractivity contribution in [1.29, 1.82) is 0 Å². The molecule has 0 radical (unpaired) electrons. The molecule has 0 fully saturated rings. The molecule has 0 aliphatic rings. The van der Waals surface area contributed by atoms with E-state index in [2.05, 4.69) is 15.0 Å². The van der Waals surface area contributed by atoms with Crippen molar-refractivity contribution in [2.45, 2.75) is 13.3 Å². The van der Waals surface area contributed by atoms with Crippen LogP contribution in [0.5, 0.6) is 5.75 Å². The van der Waals surface area contributed by atoms with E-state index in [1.807, 2.05) is 13.1 Å². The first kappa shape index (κ1) is 17.5. The summed E-state index contributed by atoms with van der Waals surface area (Å²) in [5, 5.41) is 2.64. The second-order valence-electron chi connectivity index (χ2n) is 5.47. The van der Waals surface area contributed by atoms with E-state index >= 15 is 0 Å². The van der Waals surface area contributed by atoms with Gasteiger partial charge in [0, 0.05) is 24.0 Å². The summed E-state index contributed by atoms with van der Waals surface area (Å²) in [7, 11) is 0. The van der Waals surface area contributed by atoms with Gasteiger partial charge in [0.25, 0.3) is 0 Å². The van der Waals surface area contributed by atoms with Gasteiger partial charge in [-0.05, 0) is 31.2 Å². The smallest absolute Gasteiger partial charge is 0.405 e. The highest BCUT2D eigenvalue weighted by Gasteiger charge is 2.31. The Kier molecular flexibility index (Phi) is 4.66. The molecular weight excluding hydrogens is 347 g/mol. The number of aryl methyl sites for hydroxylation is 1. The largest absolute Gasteiger partial charge is 0.573 e. The number of pyridine rings is 1. The molecule has 0 bridgehead atoms. The number of nitrogens with zero attached hydrogens (tertiary/aromatic N) is 2. The average Bonchev–Trinajstić information content (AvgIpc) is 2.92. The van der Waals surface area contributed by atoms with Crippen molar-refractivity contribution in [1.82, 2.24) is 9.38 Å². The van der Waals surface area contributed by atoms with Crippen molar-refractivity contribution >= 4 is 23.3 Å². The maximum Gasteiger partial charge on any atom is 0.573 e. The lowest BCUT2D eigenvalue weighted by Crippen LogP contribution is -2.17. The third kappa shape index (κ3) is 4.41. The molecule has 134 valence electrons. The van der Waals surface area contributed by atoms with E-state index < -0.39 is 12.3 Å². The summed E-state index contributed by atoms with van der Waals surface area (Å²) in [5.74, 6) is -0.859. The number of carbonyl (C=O) groups is 1. The second kappa shape index (κ2) is 6.91. The van der Waals surface area contributed by atoms with Crippen LogP contribution in [0.4, 0.5) is 18.9 Å². The van der Waals surface area contributed by atoms with Crippen molar-refractivity contribution in [2.75, 3.05) is 5.32 Å². The minimum atomic E-state index is -4.80. The first-order chi connectivity index (χ1) is 12.3. The van der Waals surface area contributed by atoms with Crippen molar-refractivity contribution in [3.63, 3.8) is 0 Å². The van der Waals surface area contributed by atoms with Gasteiger partial charge in [-0.15, -0.1) is 13.2 Å². The fraction of sp³-hybridized carbons (Fsp3) is 0.111. The molecule has 26 heavy (non-hydrogen) atoms. The first-order valence-electron chi connectivity index (χ1n) is 7.59. The monoisotopic (exact) mass is 361 g/mol. The van der Waals surface area contributed by atoms with Crippen LogP contribution in [-0.2, 0) is 4.79 Å². The molecule has 1 aromatic carbocycles. The van der Waals surface area contributed by atoms with E-state index in [1.54, 1.807) is 28.8 Å². The van der Waals surface area contributed by atoms with Crippen LogP contribution in [0, 0.1) is 6.92 Å². The molecule has 0 saturated heterocycles. The van der Waals surface area contributed by atoms with Crippen LogP contribution < -0.4 is 10.1 Å². The number of para-hydroxylation sites is 1. The zero-order chi connectivity index (χ0) is 18.7. The molecule has 0 aliphatic heterocycles. The highest BCUT2D eigenvalue weighted by molar-refractivity contribution is 6.02. The molecule has 1 amide bonds. The lowest BCUT2D eigenvalue weighted by Gasteiger charge is -2.11. The van der Waals surface area contributed by atoms with E-state index in [9.17, 15) is 18.0 Å². The first-order valence-corrected chi connectivity index (χ1v) is 7.59. The predicted octanol–water partition coefficient (Wildman–Crippen LogP) is 4.19. The quantitative estimate of drug-likeness (QED) is 0.709. The number of anilines is 1. The number of amides is 1. The number of benzene rings is 1. The van der Waals surface area contributed by atoms with Gasteiger partial charge < -0.3 is 14.5 Å². The number of fused-ring (bicyclic) bond motifs is 1. The van der Waals surface area contributed by atoms with Crippen molar-refractivity contribution in [3.8, 4) is 5.75 Å². The number of carbonyl (C=O) groups excluding carboxylic acids is 1. The molecule has 8 heteroatoms. The maximum absolute atomic E-state index is 12.4. The van der Waals surface area contributed by atoms with Crippen LogP contribution in [0.3, 0.4) is 0 Å². The summed E-state index contributed by atoms with van der Waals surface area (Å²) < 4.78 is 42.9. The number of rotatable bonds is 4. The fourth-order valence-electron chi connectivity index (χ4n) is 2.38. The van der Waals surface area contributed by atoms with Crippen LogP contribution >= 0.6 is 0 Å².